The summed E-state index contributed by atoms with van der Waals surface area (Å²) in [4.78, 5) is 14.0. The number of aromatic carboxylic acids is 1. The van der Waals surface area contributed by atoms with E-state index in [1.54, 1.807) is 0 Å². The zero-order valence-corrected chi connectivity index (χ0v) is 6.67. The Labute approximate surface area is 86.0 Å². The minimum atomic E-state index is -1.65. The van der Waals surface area contributed by atoms with Crippen molar-refractivity contribution in [2.75, 3.05) is 7.11 Å². The molecule has 1 aromatic rings. The number of carboxylic acid groups (broad SMARTS) is 1. The van der Waals surface area contributed by atoms with Gasteiger partial charge in [-0.15, -0.1) is 0 Å². The Kier molecular flexibility index (Phi) is 2.61. The molecule has 0 aliphatic carbocycles. The molecule has 0 bridgehead atoms. The van der Waals surface area contributed by atoms with E-state index < -0.39 is 29.8 Å². The molecule has 1 aromatic heterocycles. The van der Waals surface area contributed by atoms with Crippen LogP contribution in [-0.2, 0) is 0 Å². The minimum Gasteiger partial charge on any atom is -0.545 e. The van der Waals surface area contributed by atoms with Gasteiger partial charge in [-0.1, -0.05) is 0 Å². The predicted molar refractivity (Wildman–Crippen MR) is 35.1 cm³/mol. The van der Waals surface area contributed by atoms with Crippen LogP contribution in [-0.4, -0.2) is 18.1 Å². The Balaban J connectivity index is 0.00000196. The van der Waals surface area contributed by atoms with Crippen LogP contribution < -0.4 is 28.7 Å². The SMILES string of the molecule is [2H]c1nc(OC)c(C(=O)[O-])c([2H])c1[2H].[Li+]. The maximum atomic E-state index is 10.6. The Morgan fingerprint density at radius 3 is 3.00 bits per heavy atom. The van der Waals surface area contributed by atoms with Crippen LogP contribution in [0.5, 0.6) is 5.88 Å². The first-order valence-corrected chi connectivity index (χ1v) is 2.72. The van der Waals surface area contributed by atoms with E-state index in [1.165, 1.54) is 0 Å². The van der Waals surface area contributed by atoms with Gasteiger partial charge in [-0.3, -0.25) is 0 Å². The van der Waals surface area contributed by atoms with Crippen LogP contribution in [0.25, 0.3) is 0 Å². The molecule has 0 aromatic carbocycles. The number of hydrogen-bond donors (Lipinski definition) is 0. The molecule has 12 heavy (non-hydrogen) atoms. The molecule has 0 saturated carbocycles. The smallest absolute Gasteiger partial charge is 0.545 e. The fraction of sp³-hybridized carbons (Fsp3) is 0.143. The van der Waals surface area contributed by atoms with Crippen LogP contribution in [0.2, 0.25) is 0 Å². The zero-order chi connectivity index (χ0) is 10.9. The molecule has 0 radical (unpaired) electrons. The average molecular weight is 162 g/mol. The van der Waals surface area contributed by atoms with E-state index in [-0.39, 0.29) is 24.7 Å². The van der Waals surface area contributed by atoms with Gasteiger partial charge in [-0.05, 0) is 12.1 Å². The molecule has 0 aliphatic rings. The van der Waals surface area contributed by atoms with E-state index in [0.717, 1.165) is 7.11 Å². The quantitative estimate of drug-likeness (QED) is 0.422. The fourth-order valence-corrected chi connectivity index (χ4v) is 0.565. The summed E-state index contributed by atoms with van der Waals surface area (Å²) in [5.41, 5.74) is -0.603. The molecule has 0 unspecified atom stereocenters. The van der Waals surface area contributed by atoms with E-state index in [1.807, 2.05) is 0 Å². The third kappa shape index (κ3) is 2.26. The monoisotopic (exact) mass is 162 g/mol. The molecule has 0 aliphatic heterocycles. The van der Waals surface area contributed by atoms with Crippen molar-refractivity contribution < 1.29 is 37.6 Å². The van der Waals surface area contributed by atoms with Crippen LogP contribution in [0.4, 0.5) is 0 Å². The second kappa shape index (κ2) is 4.81. The van der Waals surface area contributed by atoms with Crippen molar-refractivity contribution in [3.8, 4) is 5.88 Å². The summed E-state index contributed by atoms with van der Waals surface area (Å²) < 4.78 is 26.1. The van der Waals surface area contributed by atoms with Gasteiger partial charge in [0.15, 0.2) is 0 Å². The van der Waals surface area contributed by atoms with E-state index in [0.29, 0.717) is 0 Å². The second-order valence-electron chi connectivity index (χ2n) is 1.65. The van der Waals surface area contributed by atoms with Gasteiger partial charge in [-0.25, -0.2) is 4.98 Å². The van der Waals surface area contributed by atoms with Crippen LogP contribution in [0.15, 0.2) is 18.3 Å². The summed E-state index contributed by atoms with van der Waals surface area (Å²) in [6, 6.07) is -1.19. The average Bonchev–Trinajstić information content (AvgIpc) is 2.12. The van der Waals surface area contributed by atoms with Crippen LogP contribution in [0.1, 0.15) is 14.5 Å². The van der Waals surface area contributed by atoms with Gasteiger partial charge in [0.25, 0.3) is 0 Å². The van der Waals surface area contributed by atoms with Crippen molar-refractivity contribution in [1.29, 1.82) is 0 Å². The zero-order valence-electron chi connectivity index (χ0n) is 9.67. The van der Waals surface area contributed by atoms with Crippen molar-refractivity contribution in [3.05, 3.63) is 23.8 Å². The summed E-state index contributed by atoms with van der Waals surface area (Å²) >= 11 is 0. The maximum absolute atomic E-state index is 10.6. The molecular formula is C7H6LiNO3. The van der Waals surface area contributed by atoms with Gasteiger partial charge in [-0.2, -0.15) is 0 Å². The maximum Gasteiger partial charge on any atom is 1.00 e. The Morgan fingerprint density at radius 2 is 2.50 bits per heavy atom. The topological polar surface area (TPSA) is 62.2 Å². The van der Waals surface area contributed by atoms with Gasteiger partial charge in [0, 0.05) is 6.17 Å². The fourth-order valence-electron chi connectivity index (χ4n) is 0.565. The summed E-state index contributed by atoms with van der Waals surface area (Å²) in [5.74, 6) is -2.02. The molecule has 0 spiro atoms. The molecule has 58 valence electrons. The molecule has 0 N–H and O–H groups in total. The number of carbonyl (C=O) groups excluding carboxylic acids is 1. The van der Waals surface area contributed by atoms with Crippen LogP contribution in [0.3, 0.4) is 0 Å². The first kappa shape index (κ1) is 6.52. The third-order valence-corrected chi connectivity index (χ3v) is 1.01. The van der Waals surface area contributed by atoms with Crippen LogP contribution >= 0.6 is 0 Å². The summed E-state index contributed by atoms with van der Waals surface area (Å²) in [6.07, 6.45) is -0.503. The molecule has 0 atom stereocenters. The Bertz CT molecular complexity index is 400. The van der Waals surface area contributed by atoms with Crippen molar-refractivity contribution in [2.24, 2.45) is 0 Å². The number of carbonyl (C=O) groups is 1. The summed E-state index contributed by atoms with van der Waals surface area (Å²) in [7, 11) is 1.16. The molecule has 0 saturated heterocycles. The molecule has 0 fully saturated rings. The number of methoxy groups -OCH3 is 1. The number of carboxylic acids is 1. The van der Waals surface area contributed by atoms with E-state index in [2.05, 4.69) is 9.72 Å². The van der Waals surface area contributed by atoms with Crippen molar-refractivity contribution in [1.82, 2.24) is 4.98 Å². The minimum absolute atomic E-state index is 0. The molecule has 1 heterocycles. The third-order valence-electron chi connectivity index (χ3n) is 1.01. The first-order valence-electron chi connectivity index (χ1n) is 4.22. The van der Waals surface area contributed by atoms with Crippen molar-refractivity contribution in [3.63, 3.8) is 0 Å². The molecule has 0 amide bonds. The molecule has 4 nitrogen and oxygen atoms in total. The first-order chi connectivity index (χ1) is 6.49. The van der Waals surface area contributed by atoms with Gasteiger partial charge >= 0.3 is 18.9 Å². The van der Waals surface area contributed by atoms with Crippen molar-refractivity contribution >= 4 is 5.97 Å². The largest absolute Gasteiger partial charge is 1.00 e. The Morgan fingerprint density at radius 1 is 1.83 bits per heavy atom. The van der Waals surface area contributed by atoms with Gasteiger partial charge in [0.05, 0.1) is 22.8 Å². The number of hydrogen-bond acceptors (Lipinski definition) is 4. The number of rotatable bonds is 2. The normalized spacial score (nSPS) is 11.9. The number of nitrogens with zero attached hydrogens (tertiary/aromatic N) is 1. The summed E-state index contributed by atoms with van der Waals surface area (Å²) in [6.45, 7) is 0. The number of ether oxygens (including phenoxy) is 1. The standard InChI is InChI=1S/C7H7NO3.Li/c1-11-6-5(7(9)10)3-2-4-8-6;/h2-4H,1H3,(H,9,10);/q;+1/p-1/i2D,3D,4D;. The van der Waals surface area contributed by atoms with E-state index in [9.17, 15) is 9.90 Å². The van der Waals surface area contributed by atoms with Gasteiger partial charge in [0.1, 0.15) is 0 Å². The molecular weight excluding hydrogens is 153 g/mol. The van der Waals surface area contributed by atoms with E-state index >= 15 is 0 Å². The second-order valence-corrected chi connectivity index (χ2v) is 1.65. The van der Waals surface area contributed by atoms with E-state index in [4.69, 9.17) is 4.11 Å². The van der Waals surface area contributed by atoms with Crippen molar-refractivity contribution in [2.45, 2.75) is 0 Å². The van der Waals surface area contributed by atoms with Crippen LogP contribution in [0, 0.1) is 0 Å². The van der Waals surface area contributed by atoms with Gasteiger partial charge in [0.2, 0.25) is 5.88 Å². The summed E-state index contributed by atoms with van der Waals surface area (Å²) in [5, 5.41) is 10.6. The number of pyridine rings is 1. The molecule has 1 rings (SSSR count). The number of aromatic nitrogens is 1. The Hall–Kier alpha value is -0.983. The molecule has 5 heteroatoms. The van der Waals surface area contributed by atoms with Gasteiger partial charge < -0.3 is 14.6 Å². The predicted octanol–water partition coefficient (Wildman–Crippen LogP) is -3.54.